The average molecular weight is 112 g/mol. The van der Waals surface area contributed by atoms with E-state index in [1.54, 1.807) is 0 Å². The summed E-state index contributed by atoms with van der Waals surface area (Å²) in [6.45, 7) is 5.21. The lowest BCUT2D eigenvalue weighted by atomic mass is 10.2. The third-order valence-electron chi connectivity index (χ3n) is 1.70. The van der Waals surface area contributed by atoms with Crippen LogP contribution in [0.25, 0.3) is 0 Å². The molecule has 0 saturated heterocycles. The summed E-state index contributed by atoms with van der Waals surface area (Å²) >= 11 is 0. The lowest BCUT2D eigenvalue weighted by Crippen LogP contribution is -2.34. The Morgan fingerprint density at radius 2 is 2.25 bits per heavy atom. The van der Waals surface area contributed by atoms with E-state index in [1.807, 2.05) is 6.21 Å². The molecule has 0 radical (unpaired) electrons. The van der Waals surface area contributed by atoms with Gasteiger partial charge in [0.1, 0.15) is 5.66 Å². The van der Waals surface area contributed by atoms with Crippen LogP contribution in [-0.4, -0.2) is 30.4 Å². The number of rotatable bonds is 0. The van der Waals surface area contributed by atoms with Gasteiger partial charge in [-0.05, 0) is 20.9 Å². The predicted molar refractivity (Wildman–Crippen MR) is 35.2 cm³/mol. The molecule has 0 aromatic rings. The summed E-state index contributed by atoms with van der Waals surface area (Å²) < 4.78 is 0. The highest BCUT2D eigenvalue weighted by Gasteiger charge is 2.24. The number of nitrogens with zero attached hydrogens (tertiary/aromatic N) is 2. The van der Waals surface area contributed by atoms with Gasteiger partial charge in [-0.1, -0.05) is 0 Å². The second-order valence-corrected chi connectivity index (χ2v) is 2.69. The fourth-order valence-electron chi connectivity index (χ4n) is 0.709. The fraction of sp³-hybridized carbons (Fsp3) is 0.833. The molecule has 0 N–H and O–H groups in total. The lowest BCUT2D eigenvalue weighted by Gasteiger charge is -2.24. The fourth-order valence-corrected chi connectivity index (χ4v) is 0.709. The van der Waals surface area contributed by atoms with Crippen molar-refractivity contribution in [3.8, 4) is 0 Å². The van der Waals surface area contributed by atoms with Crippen LogP contribution in [-0.2, 0) is 0 Å². The number of hydrogen-bond acceptors (Lipinski definition) is 2. The van der Waals surface area contributed by atoms with Crippen LogP contribution in [0.2, 0.25) is 0 Å². The van der Waals surface area contributed by atoms with Crippen molar-refractivity contribution in [1.29, 1.82) is 0 Å². The van der Waals surface area contributed by atoms with E-state index in [1.165, 1.54) is 0 Å². The van der Waals surface area contributed by atoms with Crippen LogP contribution in [0, 0.1) is 0 Å². The van der Waals surface area contributed by atoms with Crippen molar-refractivity contribution in [1.82, 2.24) is 4.90 Å². The Morgan fingerprint density at radius 1 is 1.62 bits per heavy atom. The Bertz CT molecular complexity index is 116. The van der Waals surface area contributed by atoms with Crippen molar-refractivity contribution < 1.29 is 0 Å². The van der Waals surface area contributed by atoms with E-state index in [0.717, 1.165) is 6.54 Å². The second-order valence-electron chi connectivity index (χ2n) is 2.69. The maximum absolute atomic E-state index is 4.25. The minimum absolute atomic E-state index is 0.0556. The zero-order valence-electron chi connectivity index (χ0n) is 5.68. The standard InChI is InChI=1S/C6H12N2/c1-6(2)7-4-5-8(6)3/h4H,5H2,1-3H3. The van der Waals surface area contributed by atoms with Crippen molar-refractivity contribution >= 4 is 6.21 Å². The molecule has 46 valence electrons. The van der Waals surface area contributed by atoms with Crippen LogP contribution >= 0.6 is 0 Å². The van der Waals surface area contributed by atoms with Crippen molar-refractivity contribution in [3.63, 3.8) is 0 Å². The molecule has 0 aromatic carbocycles. The molecule has 1 heterocycles. The molecule has 0 aromatic heterocycles. The van der Waals surface area contributed by atoms with Crippen molar-refractivity contribution in [2.24, 2.45) is 4.99 Å². The highest BCUT2D eigenvalue weighted by Crippen LogP contribution is 2.16. The van der Waals surface area contributed by atoms with Gasteiger partial charge in [0.2, 0.25) is 0 Å². The van der Waals surface area contributed by atoms with Crippen LogP contribution in [0.15, 0.2) is 4.99 Å². The summed E-state index contributed by atoms with van der Waals surface area (Å²) in [6.07, 6.45) is 1.96. The van der Waals surface area contributed by atoms with Gasteiger partial charge in [-0.25, -0.2) is 0 Å². The first-order valence-electron chi connectivity index (χ1n) is 2.88. The molecule has 0 atom stereocenters. The maximum atomic E-state index is 4.25. The quantitative estimate of drug-likeness (QED) is 0.451. The van der Waals surface area contributed by atoms with E-state index < -0.39 is 0 Å². The second kappa shape index (κ2) is 1.55. The molecular weight excluding hydrogens is 100 g/mol. The Kier molecular flexibility index (Phi) is 1.12. The van der Waals surface area contributed by atoms with E-state index in [2.05, 4.69) is 30.8 Å². The summed E-state index contributed by atoms with van der Waals surface area (Å²) in [6, 6.07) is 0. The third kappa shape index (κ3) is 0.757. The van der Waals surface area contributed by atoms with E-state index in [4.69, 9.17) is 0 Å². The van der Waals surface area contributed by atoms with Crippen molar-refractivity contribution in [3.05, 3.63) is 0 Å². The van der Waals surface area contributed by atoms with Gasteiger partial charge < -0.3 is 0 Å². The molecular formula is C6H12N2. The van der Waals surface area contributed by atoms with Crippen LogP contribution in [0.4, 0.5) is 0 Å². The first-order chi connectivity index (χ1) is 3.63. The molecule has 0 amide bonds. The molecule has 0 aliphatic carbocycles. The SMILES string of the molecule is CN1CC=NC1(C)C. The molecule has 0 unspecified atom stereocenters. The average Bonchev–Trinajstić information content (AvgIpc) is 1.86. The summed E-state index contributed by atoms with van der Waals surface area (Å²) in [5.41, 5.74) is 0.0556. The van der Waals surface area contributed by atoms with Gasteiger partial charge in [0.15, 0.2) is 0 Å². The molecule has 2 heteroatoms. The van der Waals surface area contributed by atoms with Gasteiger partial charge in [0.05, 0.1) is 0 Å². The zero-order valence-corrected chi connectivity index (χ0v) is 5.68. The van der Waals surface area contributed by atoms with Gasteiger partial charge in [0, 0.05) is 12.8 Å². The van der Waals surface area contributed by atoms with Crippen LogP contribution < -0.4 is 0 Å². The number of aliphatic imine (C=N–C) groups is 1. The molecule has 1 aliphatic heterocycles. The normalized spacial score (nSPS) is 26.9. The third-order valence-corrected chi connectivity index (χ3v) is 1.70. The predicted octanol–water partition coefficient (Wildman–Crippen LogP) is 0.739. The van der Waals surface area contributed by atoms with Gasteiger partial charge in [-0.15, -0.1) is 0 Å². The first-order valence-corrected chi connectivity index (χ1v) is 2.88. The van der Waals surface area contributed by atoms with E-state index in [-0.39, 0.29) is 5.66 Å². The summed E-state index contributed by atoms with van der Waals surface area (Å²) in [7, 11) is 2.08. The van der Waals surface area contributed by atoms with Crippen molar-refractivity contribution in [2.75, 3.05) is 13.6 Å². The first kappa shape index (κ1) is 5.76. The lowest BCUT2D eigenvalue weighted by molar-refractivity contribution is 0.213. The minimum atomic E-state index is 0.0556. The Labute approximate surface area is 50.2 Å². The van der Waals surface area contributed by atoms with E-state index >= 15 is 0 Å². The van der Waals surface area contributed by atoms with Gasteiger partial charge in [-0.2, -0.15) is 0 Å². The largest absolute Gasteiger partial charge is 0.278 e. The Balaban J connectivity index is 2.67. The van der Waals surface area contributed by atoms with Gasteiger partial charge >= 0.3 is 0 Å². The monoisotopic (exact) mass is 112 g/mol. The van der Waals surface area contributed by atoms with Gasteiger partial charge in [-0.3, -0.25) is 9.89 Å². The van der Waals surface area contributed by atoms with Crippen LogP contribution in [0.3, 0.4) is 0 Å². The van der Waals surface area contributed by atoms with E-state index in [9.17, 15) is 0 Å². The molecule has 0 spiro atoms. The van der Waals surface area contributed by atoms with Crippen LogP contribution in [0.1, 0.15) is 13.8 Å². The zero-order chi connectivity index (χ0) is 6.20. The number of hydrogen-bond donors (Lipinski definition) is 0. The topological polar surface area (TPSA) is 15.6 Å². The Morgan fingerprint density at radius 3 is 2.38 bits per heavy atom. The summed E-state index contributed by atoms with van der Waals surface area (Å²) in [5, 5.41) is 0. The molecule has 8 heavy (non-hydrogen) atoms. The summed E-state index contributed by atoms with van der Waals surface area (Å²) in [4.78, 5) is 6.45. The molecule has 0 fully saturated rings. The maximum Gasteiger partial charge on any atom is 0.107 e. The molecule has 1 aliphatic rings. The molecule has 2 nitrogen and oxygen atoms in total. The molecule has 0 saturated carbocycles. The highest BCUT2D eigenvalue weighted by atomic mass is 15.3. The molecule has 0 bridgehead atoms. The smallest absolute Gasteiger partial charge is 0.107 e. The summed E-state index contributed by atoms with van der Waals surface area (Å²) in [5.74, 6) is 0. The van der Waals surface area contributed by atoms with Gasteiger partial charge in [0.25, 0.3) is 0 Å². The van der Waals surface area contributed by atoms with Crippen molar-refractivity contribution in [2.45, 2.75) is 19.5 Å². The Hall–Kier alpha value is -0.370. The minimum Gasteiger partial charge on any atom is -0.278 e. The highest BCUT2D eigenvalue weighted by molar-refractivity contribution is 5.62. The van der Waals surface area contributed by atoms with E-state index in [0.29, 0.717) is 0 Å². The van der Waals surface area contributed by atoms with Crippen LogP contribution in [0.5, 0.6) is 0 Å². The molecule has 1 rings (SSSR count).